The summed E-state index contributed by atoms with van der Waals surface area (Å²) in [5.41, 5.74) is 8.61. The van der Waals surface area contributed by atoms with Crippen LogP contribution in [0.5, 0.6) is 11.5 Å². The van der Waals surface area contributed by atoms with Crippen molar-refractivity contribution in [1.82, 2.24) is 39.0 Å². The summed E-state index contributed by atoms with van der Waals surface area (Å²) in [5, 5.41) is 12.1. The molecule has 6 aromatic rings. The zero-order valence-electron chi connectivity index (χ0n) is 31.5. The van der Waals surface area contributed by atoms with Crippen molar-refractivity contribution >= 4 is 28.7 Å². The molecule has 0 saturated carbocycles. The van der Waals surface area contributed by atoms with Gasteiger partial charge in [-0.15, -0.1) is 31.4 Å². The molecule has 0 atom stereocenters. The predicted octanol–water partition coefficient (Wildman–Crippen LogP) is 6.90. The van der Waals surface area contributed by atoms with Gasteiger partial charge in [0.2, 0.25) is 0 Å². The van der Waals surface area contributed by atoms with E-state index in [-0.39, 0.29) is 24.1 Å². The van der Waals surface area contributed by atoms with Crippen LogP contribution in [0.3, 0.4) is 0 Å². The van der Waals surface area contributed by atoms with Crippen molar-refractivity contribution in [1.29, 1.82) is 0 Å². The van der Waals surface area contributed by atoms with Crippen molar-refractivity contribution in [3.63, 3.8) is 0 Å². The van der Waals surface area contributed by atoms with Gasteiger partial charge in [-0.3, -0.25) is 9.80 Å². The summed E-state index contributed by atoms with van der Waals surface area (Å²) in [6, 6.07) is 18.2. The molecule has 2 saturated heterocycles. The van der Waals surface area contributed by atoms with E-state index < -0.39 is 12.7 Å². The van der Waals surface area contributed by atoms with Gasteiger partial charge in [0, 0.05) is 63.5 Å². The fourth-order valence-corrected chi connectivity index (χ4v) is 6.23. The summed E-state index contributed by atoms with van der Waals surface area (Å²) in [6.07, 6.45) is -6.40. The molecule has 8 rings (SSSR count). The first kappa shape index (κ1) is 45.8. The summed E-state index contributed by atoms with van der Waals surface area (Å²) in [5.74, 6) is 0.0643. The Morgan fingerprint density at radius 2 is 1.15 bits per heavy atom. The number of ether oxygens (including phenoxy) is 4. The first-order valence-electron chi connectivity index (χ1n) is 18.4. The van der Waals surface area contributed by atoms with Gasteiger partial charge in [-0.25, -0.2) is 19.0 Å². The van der Waals surface area contributed by atoms with Crippen LogP contribution >= 0.6 is 11.6 Å². The molecule has 0 amide bonds. The molecule has 0 bridgehead atoms. The number of halogens is 7. The second-order valence-corrected chi connectivity index (χ2v) is 13.4. The molecule has 2 fully saturated rings. The molecular weight excluding hydrogens is 822 g/mol. The van der Waals surface area contributed by atoms with E-state index in [2.05, 4.69) is 44.8 Å². The monoisotopic (exact) mass is 866 g/mol. The number of morpholine rings is 2. The van der Waals surface area contributed by atoms with Crippen LogP contribution in [-0.2, 0) is 9.47 Å². The van der Waals surface area contributed by atoms with Crippen molar-refractivity contribution in [3.05, 3.63) is 90.3 Å². The van der Waals surface area contributed by atoms with Gasteiger partial charge in [-0.1, -0.05) is 43.3 Å². The van der Waals surface area contributed by atoms with Gasteiger partial charge >= 0.3 is 12.7 Å². The van der Waals surface area contributed by atoms with Crippen LogP contribution in [0.15, 0.2) is 85.2 Å². The number of hydrogen-bond acceptors (Lipinski definition) is 12. The Morgan fingerprint density at radius 1 is 0.667 bits per heavy atom. The lowest BCUT2D eigenvalue weighted by molar-refractivity contribution is -0.275. The topological polar surface area (TPSA) is 142 Å². The van der Waals surface area contributed by atoms with Gasteiger partial charge in [0.25, 0.3) is 0 Å². The fourth-order valence-electron chi connectivity index (χ4n) is 6.09. The Morgan fingerprint density at radius 3 is 1.65 bits per heavy atom. The Balaban J connectivity index is 0.000000192. The highest BCUT2D eigenvalue weighted by Gasteiger charge is 2.32. The van der Waals surface area contributed by atoms with Crippen molar-refractivity contribution in [2.24, 2.45) is 5.73 Å². The standard InChI is InChI=1S/C19H20F3N5O2.C13H7ClF3N3O.C6H14N2O.CH4/c20-19(21,22)29-15-3-1-2-14(12-15)16-13-24-18-5-4-17(25-27(16)18)23-6-7-26-8-10-28-11-9-26;14-11-4-5-12-18-7-10(20(12)19-11)8-2-1-3-9(6-8)21-13(15,16)17;7-1-2-8-3-5-9-6-4-8;/h1-5,12-13H,6-11H2,(H,23,25);1-7H;1-7H2;1H4. The van der Waals surface area contributed by atoms with Crippen LogP contribution in [0.25, 0.3) is 33.8 Å². The van der Waals surface area contributed by atoms with E-state index in [1.807, 2.05) is 12.1 Å². The molecule has 2 aromatic carbocycles. The number of imidazole rings is 2. The maximum atomic E-state index is 12.5. The quantitative estimate of drug-likeness (QED) is 0.138. The Labute approximate surface area is 346 Å². The van der Waals surface area contributed by atoms with Crippen molar-refractivity contribution in [2.75, 3.05) is 84.1 Å². The average molecular weight is 867 g/mol. The molecule has 324 valence electrons. The van der Waals surface area contributed by atoms with E-state index in [4.69, 9.17) is 26.8 Å². The van der Waals surface area contributed by atoms with Gasteiger partial charge < -0.3 is 30.0 Å². The van der Waals surface area contributed by atoms with Crippen molar-refractivity contribution in [3.8, 4) is 34.0 Å². The van der Waals surface area contributed by atoms with E-state index >= 15 is 0 Å². The number of aromatic nitrogens is 6. The second kappa shape index (κ2) is 21.3. The molecule has 2 aliphatic rings. The zero-order valence-corrected chi connectivity index (χ0v) is 32.3. The van der Waals surface area contributed by atoms with Crippen molar-refractivity contribution in [2.45, 2.75) is 20.2 Å². The van der Waals surface area contributed by atoms with E-state index in [9.17, 15) is 26.3 Å². The average Bonchev–Trinajstić information content (AvgIpc) is 3.82. The molecular formula is C39H45ClF6N10O4. The van der Waals surface area contributed by atoms with E-state index in [0.29, 0.717) is 39.6 Å². The van der Waals surface area contributed by atoms with Crippen LogP contribution in [0, 0.1) is 0 Å². The molecule has 0 unspecified atom stereocenters. The van der Waals surface area contributed by atoms with Crippen LogP contribution in [0.4, 0.5) is 32.2 Å². The first-order chi connectivity index (χ1) is 28.3. The molecule has 2 aliphatic heterocycles. The number of hydrogen-bond donors (Lipinski definition) is 2. The first-order valence-corrected chi connectivity index (χ1v) is 18.8. The van der Waals surface area contributed by atoms with E-state index in [1.165, 1.54) is 47.1 Å². The number of nitrogens with zero attached hydrogens (tertiary/aromatic N) is 8. The highest BCUT2D eigenvalue weighted by molar-refractivity contribution is 6.29. The highest BCUT2D eigenvalue weighted by Crippen LogP contribution is 2.30. The molecule has 0 aliphatic carbocycles. The lowest BCUT2D eigenvalue weighted by Gasteiger charge is -2.26. The Hall–Kier alpha value is -5.25. The number of fused-ring (bicyclic) bond motifs is 2. The van der Waals surface area contributed by atoms with Crippen LogP contribution < -0.4 is 20.5 Å². The minimum Gasteiger partial charge on any atom is -0.406 e. The number of alkyl halides is 6. The number of nitrogens with one attached hydrogen (secondary N) is 1. The fraction of sp³-hybridized carbons (Fsp3) is 0.385. The van der Waals surface area contributed by atoms with Gasteiger partial charge in [-0.2, -0.15) is 5.10 Å². The molecule has 0 spiro atoms. The third-order valence-corrected chi connectivity index (χ3v) is 9.01. The molecule has 14 nitrogen and oxygen atoms in total. The minimum absolute atomic E-state index is 0. The normalized spacial score (nSPS) is 15.0. The SMILES string of the molecule is C.FC(F)(F)Oc1cccc(-c2cnc3ccc(Cl)nn23)c1.FC(F)(F)Oc1cccc(-c2cnc3ccc(NCCN4CCOCC4)nn23)c1.NCCN1CCOCC1. The summed E-state index contributed by atoms with van der Waals surface area (Å²) in [4.78, 5) is 13.0. The third kappa shape index (κ3) is 13.6. The number of anilines is 1. The molecule has 6 heterocycles. The van der Waals surface area contributed by atoms with Crippen LogP contribution in [0.2, 0.25) is 5.15 Å². The molecule has 0 radical (unpaired) electrons. The Kier molecular flexibility index (Phi) is 16.3. The number of benzene rings is 2. The van der Waals surface area contributed by atoms with Crippen LogP contribution in [0.1, 0.15) is 7.43 Å². The van der Waals surface area contributed by atoms with Gasteiger partial charge in [0.1, 0.15) is 22.5 Å². The number of nitrogens with two attached hydrogens (primary N) is 1. The minimum atomic E-state index is -4.74. The predicted molar refractivity (Wildman–Crippen MR) is 214 cm³/mol. The lowest BCUT2D eigenvalue weighted by atomic mass is 10.1. The van der Waals surface area contributed by atoms with Crippen molar-refractivity contribution < 1.29 is 45.3 Å². The smallest absolute Gasteiger partial charge is 0.406 e. The molecule has 3 N–H and O–H groups in total. The largest absolute Gasteiger partial charge is 0.573 e. The van der Waals surface area contributed by atoms with Gasteiger partial charge in [-0.05, 0) is 48.5 Å². The summed E-state index contributed by atoms with van der Waals surface area (Å²) in [7, 11) is 0. The molecule has 4 aromatic heterocycles. The molecule has 21 heteroatoms. The highest BCUT2D eigenvalue weighted by atomic mass is 35.5. The number of rotatable bonds is 10. The summed E-state index contributed by atoms with van der Waals surface area (Å²) >= 11 is 5.82. The van der Waals surface area contributed by atoms with Gasteiger partial charge in [0.05, 0.1) is 50.2 Å². The molecule has 60 heavy (non-hydrogen) atoms. The third-order valence-electron chi connectivity index (χ3n) is 8.81. The van der Waals surface area contributed by atoms with E-state index in [0.717, 1.165) is 78.8 Å². The van der Waals surface area contributed by atoms with Crippen LogP contribution in [-0.4, -0.2) is 131 Å². The second-order valence-electron chi connectivity index (χ2n) is 13.0. The maximum absolute atomic E-state index is 12.5. The summed E-state index contributed by atoms with van der Waals surface area (Å²) < 4.78 is 95.7. The lowest BCUT2D eigenvalue weighted by Crippen LogP contribution is -2.39. The maximum Gasteiger partial charge on any atom is 0.573 e. The van der Waals surface area contributed by atoms with Gasteiger partial charge in [0.15, 0.2) is 11.3 Å². The van der Waals surface area contributed by atoms with E-state index in [1.54, 1.807) is 35.0 Å². The zero-order chi connectivity index (χ0) is 41.8. The Bertz CT molecular complexity index is 2240. The summed E-state index contributed by atoms with van der Waals surface area (Å²) in [6.45, 7) is 10.6.